The predicted molar refractivity (Wildman–Crippen MR) is 88.7 cm³/mol. The molecule has 0 bridgehead atoms. The fraction of sp³-hybridized carbons (Fsp3) is 0.312. The van der Waals surface area contributed by atoms with E-state index in [9.17, 15) is 0 Å². The highest BCUT2D eigenvalue weighted by Gasteiger charge is 2.12. The predicted octanol–water partition coefficient (Wildman–Crippen LogP) is 2.67. The summed E-state index contributed by atoms with van der Waals surface area (Å²) in [6.45, 7) is 3.75. The average Bonchev–Trinajstić information content (AvgIpc) is 2.91. The van der Waals surface area contributed by atoms with Crippen molar-refractivity contribution >= 4 is 22.9 Å². The summed E-state index contributed by atoms with van der Waals surface area (Å²) < 4.78 is 2.05. The number of nitrogens with two attached hydrogens (primary N) is 1. The Bertz CT molecular complexity index is 750. The summed E-state index contributed by atoms with van der Waals surface area (Å²) in [7, 11) is 0. The van der Waals surface area contributed by atoms with E-state index in [1.165, 1.54) is 5.56 Å². The molecule has 6 heteroatoms. The molecular formula is C16H20N6. The topological polar surface area (TPSA) is 81.7 Å². The number of imidazole rings is 1. The van der Waals surface area contributed by atoms with Crippen molar-refractivity contribution in [1.29, 1.82) is 0 Å². The summed E-state index contributed by atoms with van der Waals surface area (Å²) in [5, 5.41) is 3.35. The molecule has 0 spiro atoms. The molecule has 0 aliphatic carbocycles. The highest BCUT2D eigenvalue weighted by Crippen LogP contribution is 2.21. The quantitative estimate of drug-likeness (QED) is 0.683. The largest absolute Gasteiger partial charge is 0.368 e. The number of hydrogen-bond acceptors (Lipinski definition) is 5. The van der Waals surface area contributed by atoms with E-state index in [2.05, 4.69) is 43.9 Å². The molecule has 0 aliphatic heterocycles. The van der Waals surface area contributed by atoms with Crippen LogP contribution < -0.4 is 11.1 Å². The number of nitrogens with zero attached hydrogens (tertiary/aromatic N) is 4. The standard InChI is InChI=1S/C16H20N6/c1-2-3-9-18-14-13-15(21-16(17)20-14)19-11-22(13)10-12-7-5-4-6-8-12/h4-8,11H,2-3,9-10H2,1H3,(H3,17,18,20,21). The number of nitrogens with one attached hydrogen (secondary N) is 1. The van der Waals surface area contributed by atoms with Crippen LogP contribution in [-0.4, -0.2) is 26.1 Å². The van der Waals surface area contributed by atoms with E-state index in [4.69, 9.17) is 5.73 Å². The zero-order chi connectivity index (χ0) is 15.4. The van der Waals surface area contributed by atoms with Gasteiger partial charge in [0.05, 0.1) is 6.33 Å². The summed E-state index contributed by atoms with van der Waals surface area (Å²) in [4.78, 5) is 12.9. The summed E-state index contributed by atoms with van der Waals surface area (Å²) in [5.74, 6) is 1.00. The number of unbranched alkanes of at least 4 members (excludes halogenated alkanes) is 1. The third kappa shape index (κ3) is 3.00. The number of aromatic nitrogens is 4. The molecule has 2 heterocycles. The second kappa shape index (κ2) is 6.43. The van der Waals surface area contributed by atoms with Gasteiger partial charge in [-0.1, -0.05) is 43.7 Å². The Morgan fingerprint density at radius 2 is 2.00 bits per heavy atom. The first-order valence-corrected chi connectivity index (χ1v) is 7.54. The van der Waals surface area contributed by atoms with Gasteiger partial charge in [-0.25, -0.2) is 4.98 Å². The van der Waals surface area contributed by atoms with Gasteiger partial charge in [-0.05, 0) is 12.0 Å². The number of rotatable bonds is 6. The van der Waals surface area contributed by atoms with E-state index in [0.29, 0.717) is 5.65 Å². The summed E-state index contributed by atoms with van der Waals surface area (Å²) >= 11 is 0. The third-order valence-electron chi connectivity index (χ3n) is 3.51. The molecule has 0 aliphatic rings. The number of nitrogen functional groups attached to an aromatic ring is 1. The molecule has 0 fully saturated rings. The second-order valence-electron chi connectivity index (χ2n) is 5.24. The molecule has 114 valence electrons. The van der Waals surface area contributed by atoms with Crippen LogP contribution in [0, 0.1) is 0 Å². The molecule has 0 atom stereocenters. The van der Waals surface area contributed by atoms with Crippen LogP contribution in [0.4, 0.5) is 11.8 Å². The Labute approximate surface area is 129 Å². The molecule has 0 unspecified atom stereocenters. The molecule has 0 saturated heterocycles. The molecule has 3 aromatic rings. The lowest BCUT2D eigenvalue weighted by Crippen LogP contribution is -2.09. The van der Waals surface area contributed by atoms with E-state index < -0.39 is 0 Å². The van der Waals surface area contributed by atoms with E-state index >= 15 is 0 Å². The number of hydrogen-bond donors (Lipinski definition) is 2. The average molecular weight is 296 g/mol. The van der Waals surface area contributed by atoms with Crippen LogP contribution in [0.5, 0.6) is 0 Å². The van der Waals surface area contributed by atoms with Gasteiger partial charge in [-0.15, -0.1) is 0 Å². The number of fused-ring (bicyclic) bond motifs is 1. The summed E-state index contributed by atoms with van der Waals surface area (Å²) in [6, 6.07) is 10.3. The summed E-state index contributed by atoms with van der Waals surface area (Å²) in [5.41, 5.74) is 8.51. The lowest BCUT2D eigenvalue weighted by molar-refractivity contribution is 0.814. The second-order valence-corrected chi connectivity index (χ2v) is 5.24. The van der Waals surface area contributed by atoms with Crippen LogP contribution in [0.1, 0.15) is 25.3 Å². The van der Waals surface area contributed by atoms with Crippen LogP contribution in [0.25, 0.3) is 11.2 Å². The van der Waals surface area contributed by atoms with Gasteiger partial charge in [0.2, 0.25) is 5.95 Å². The van der Waals surface area contributed by atoms with Crippen molar-refractivity contribution in [3.8, 4) is 0 Å². The number of benzene rings is 1. The minimum absolute atomic E-state index is 0.247. The van der Waals surface area contributed by atoms with E-state index in [1.54, 1.807) is 6.33 Å². The zero-order valence-electron chi connectivity index (χ0n) is 12.7. The van der Waals surface area contributed by atoms with E-state index in [1.807, 2.05) is 18.2 Å². The van der Waals surface area contributed by atoms with Gasteiger partial charge in [0.15, 0.2) is 11.5 Å². The van der Waals surface area contributed by atoms with Crippen LogP contribution in [0.3, 0.4) is 0 Å². The summed E-state index contributed by atoms with van der Waals surface area (Å²) in [6.07, 6.45) is 4.00. The van der Waals surface area contributed by atoms with Gasteiger partial charge < -0.3 is 15.6 Å². The maximum absolute atomic E-state index is 5.78. The molecule has 1 aromatic carbocycles. The van der Waals surface area contributed by atoms with Crippen molar-refractivity contribution in [2.45, 2.75) is 26.3 Å². The molecule has 0 amide bonds. The Morgan fingerprint density at radius 3 is 2.77 bits per heavy atom. The van der Waals surface area contributed by atoms with Gasteiger partial charge in [0.25, 0.3) is 0 Å². The Balaban J connectivity index is 1.96. The van der Waals surface area contributed by atoms with Gasteiger partial charge in [-0.3, -0.25) is 0 Å². The smallest absolute Gasteiger partial charge is 0.224 e. The third-order valence-corrected chi connectivity index (χ3v) is 3.51. The van der Waals surface area contributed by atoms with Gasteiger partial charge in [0, 0.05) is 13.1 Å². The Morgan fingerprint density at radius 1 is 1.18 bits per heavy atom. The molecule has 2 aromatic heterocycles. The van der Waals surface area contributed by atoms with Crippen LogP contribution >= 0.6 is 0 Å². The van der Waals surface area contributed by atoms with Crippen molar-refractivity contribution in [2.24, 2.45) is 0 Å². The van der Waals surface area contributed by atoms with Crippen molar-refractivity contribution in [2.75, 3.05) is 17.6 Å². The zero-order valence-corrected chi connectivity index (χ0v) is 12.7. The van der Waals surface area contributed by atoms with Crippen LogP contribution in [0.15, 0.2) is 36.7 Å². The Kier molecular flexibility index (Phi) is 4.18. The molecule has 0 radical (unpaired) electrons. The maximum atomic E-state index is 5.78. The molecule has 22 heavy (non-hydrogen) atoms. The van der Waals surface area contributed by atoms with Crippen molar-refractivity contribution in [1.82, 2.24) is 19.5 Å². The van der Waals surface area contributed by atoms with Crippen molar-refractivity contribution in [3.63, 3.8) is 0 Å². The van der Waals surface area contributed by atoms with E-state index in [0.717, 1.165) is 37.3 Å². The molecular weight excluding hydrogens is 276 g/mol. The lowest BCUT2D eigenvalue weighted by Gasteiger charge is -2.10. The Hall–Kier alpha value is -2.63. The molecule has 6 nitrogen and oxygen atoms in total. The molecule has 3 rings (SSSR count). The minimum atomic E-state index is 0.247. The fourth-order valence-electron chi connectivity index (χ4n) is 2.40. The van der Waals surface area contributed by atoms with Crippen LogP contribution in [0.2, 0.25) is 0 Å². The molecule has 3 N–H and O–H groups in total. The van der Waals surface area contributed by atoms with Crippen molar-refractivity contribution < 1.29 is 0 Å². The molecule has 0 saturated carbocycles. The fourth-order valence-corrected chi connectivity index (χ4v) is 2.40. The van der Waals surface area contributed by atoms with Crippen molar-refractivity contribution in [3.05, 3.63) is 42.2 Å². The van der Waals surface area contributed by atoms with E-state index in [-0.39, 0.29) is 5.95 Å². The number of anilines is 2. The monoisotopic (exact) mass is 296 g/mol. The SMILES string of the molecule is CCCCNc1nc(N)nc2ncn(Cc3ccccc3)c12. The lowest BCUT2D eigenvalue weighted by atomic mass is 10.2. The van der Waals surface area contributed by atoms with Gasteiger partial charge in [0.1, 0.15) is 5.52 Å². The van der Waals surface area contributed by atoms with Gasteiger partial charge >= 0.3 is 0 Å². The minimum Gasteiger partial charge on any atom is -0.368 e. The first-order chi connectivity index (χ1) is 10.8. The first kappa shape index (κ1) is 14.3. The maximum Gasteiger partial charge on any atom is 0.224 e. The van der Waals surface area contributed by atoms with Crippen LogP contribution in [-0.2, 0) is 6.54 Å². The highest BCUT2D eigenvalue weighted by molar-refractivity contribution is 5.84. The highest BCUT2D eigenvalue weighted by atomic mass is 15.2. The first-order valence-electron chi connectivity index (χ1n) is 7.54. The normalized spacial score (nSPS) is 11.0. The van der Waals surface area contributed by atoms with Gasteiger partial charge in [-0.2, -0.15) is 9.97 Å².